The van der Waals surface area contributed by atoms with Crippen molar-refractivity contribution >= 4 is 0 Å². The summed E-state index contributed by atoms with van der Waals surface area (Å²) in [7, 11) is 0. The summed E-state index contributed by atoms with van der Waals surface area (Å²) in [6.45, 7) is 6.93. The molecule has 1 fully saturated rings. The standard InChI is InChI=1S/C22H41NO/c1-3-5-15-23-17-20-9-12-21(13-10-20)22(24)14-11-19-8-6-7-18(4-2)16-19/h8,18,20-24H,3-7,9-17H2,1-2H3/t18?,20?,21?,22-/m0/s1. The van der Waals surface area contributed by atoms with E-state index in [-0.39, 0.29) is 6.10 Å². The van der Waals surface area contributed by atoms with Crippen LogP contribution in [-0.2, 0) is 0 Å². The summed E-state index contributed by atoms with van der Waals surface area (Å²) in [6.07, 6.45) is 17.4. The van der Waals surface area contributed by atoms with Crippen LogP contribution in [0.2, 0.25) is 0 Å². The first kappa shape index (κ1) is 20.0. The van der Waals surface area contributed by atoms with E-state index in [9.17, 15) is 5.11 Å². The van der Waals surface area contributed by atoms with Gasteiger partial charge in [-0.15, -0.1) is 0 Å². The summed E-state index contributed by atoms with van der Waals surface area (Å²) in [5.41, 5.74) is 1.63. The molecule has 2 aliphatic carbocycles. The zero-order chi connectivity index (χ0) is 17.2. The SMILES string of the molecule is CCCCNCC1CCC([C@@H](O)CCC2=CCCC(CC)C2)CC1. The summed E-state index contributed by atoms with van der Waals surface area (Å²) in [4.78, 5) is 0. The Hall–Kier alpha value is -0.340. The van der Waals surface area contributed by atoms with Crippen molar-refractivity contribution in [1.29, 1.82) is 0 Å². The number of allylic oxidation sites excluding steroid dienone is 2. The van der Waals surface area contributed by atoms with Gasteiger partial charge in [-0.2, -0.15) is 0 Å². The van der Waals surface area contributed by atoms with Gasteiger partial charge in [0, 0.05) is 0 Å². The average Bonchev–Trinajstić information content (AvgIpc) is 2.64. The van der Waals surface area contributed by atoms with E-state index in [0.29, 0.717) is 5.92 Å². The molecule has 140 valence electrons. The van der Waals surface area contributed by atoms with Crippen LogP contribution in [0, 0.1) is 17.8 Å². The van der Waals surface area contributed by atoms with Crippen LogP contribution in [0.4, 0.5) is 0 Å². The van der Waals surface area contributed by atoms with Crippen LogP contribution in [0.1, 0.15) is 90.9 Å². The minimum absolute atomic E-state index is 0.0677. The van der Waals surface area contributed by atoms with Gasteiger partial charge in [-0.25, -0.2) is 0 Å². The molecule has 2 atom stereocenters. The Morgan fingerprint density at radius 1 is 1.12 bits per heavy atom. The highest BCUT2D eigenvalue weighted by Crippen LogP contribution is 2.34. The molecule has 24 heavy (non-hydrogen) atoms. The third-order valence-electron chi connectivity index (χ3n) is 6.47. The molecule has 2 aliphatic rings. The molecule has 0 spiro atoms. The number of hydrogen-bond donors (Lipinski definition) is 2. The van der Waals surface area contributed by atoms with Crippen molar-refractivity contribution in [2.24, 2.45) is 17.8 Å². The molecule has 1 unspecified atom stereocenters. The number of nitrogens with one attached hydrogen (secondary N) is 1. The number of aliphatic hydroxyl groups excluding tert-OH is 1. The van der Waals surface area contributed by atoms with Crippen molar-refractivity contribution in [1.82, 2.24) is 5.32 Å². The van der Waals surface area contributed by atoms with Crippen molar-refractivity contribution in [3.8, 4) is 0 Å². The molecule has 0 radical (unpaired) electrons. The van der Waals surface area contributed by atoms with Crippen molar-refractivity contribution in [3.63, 3.8) is 0 Å². The molecule has 1 saturated carbocycles. The second-order valence-corrected chi connectivity index (χ2v) is 8.36. The molecule has 2 rings (SSSR count). The van der Waals surface area contributed by atoms with Crippen molar-refractivity contribution in [2.45, 2.75) is 97.0 Å². The molecule has 0 aliphatic heterocycles. The van der Waals surface area contributed by atoms with E-state index in [2.05, 4.69) is 25.2 Å². The van der Waals surface area contributed by atoms with Gasteiger partial charge in [0.2, 0.25) is 0 Å². The van der Waals surface area contributed by atoms with Gasteiger partial charge < -0.3 is 10.4 Å². The lowest BCUT2D eigenvalue weighted by Gasteiger charge is -2.32. The van der Waals surface area contributed by atoms with Gasteiger partial charge in [-0.05, 0) is 95.1 Å². The zero-order valence-electron chi connectivity index (χ0n) is 16.2. The first-order valence-corrected chi connectivity index (χ1v) is 10.8. The second-order valence-electron chi connectivity index (χ2n) is 8.36. The predicted molar refractivity (Wildman–Crippen MR) is 104 cm³/mol. The van der Waals surface area contributed by atoms with Gasteiger partial charge in [-0.1, -0.05) is 38.3 Å². The Kier molecular flexibility index (Phi) is 9.41. The Balaban J connectivity index is 1.60. The molecular weight excluding hydrogens is 294 g/mol. The third kappa shape index (κ3) is 6.88. The van der Waals surface area contributed by atoms with Crippen LogP contribution >= 0.6 is 0 Å². The molecule has 2 N–H and O–H groups in total. The summed E-state index contributed by atoms with van der Waals surface area (Å²) < 4.78 is 0. The first-order chi connectivity index (χ1) is 11.7. The highest BCUT2D eigenvalue weighted by Gasteiger charge is 2.26. The van der Waals surface area contributed by atoms with E-state index in [4.69, 9.17) is 0 Å². The molecule has 0 saturated heterocycles. The van der Waals surface area contributed by atoms with Crippen LogP contribution < -0.4 is 5.32 Å². The van der Waals surface area contributed by atoms with Gasteiger partial charge in [0.15, 0.2) is 0 Å². The quantitative estimate of drug-likeness (QED) is 0.410. The fourth-order valence-electron chi connectivity index (χ4n) is 4.59. The fourth-order valence-corrected chi connectivity index (χ4v) is 4.59. The van der Waals surface area contributed by atoms with Crippen LogP contribution in [-0.4, -0.2) is 24.3 Å². The highest BCUT2D eigenvalue weighted by molar-refractivity contribution is 5.07. The Morgan fingerprint density at radius 2 is 1.92 bits per heavy atom. The van der Waals surface area contributed by atoms with E-state index in [1.807, 2.05) is 0 Å². The van der Waals surface area contributed by atoms with E-state index in [1.54, 1.807) is 5.57 Å². The van der Waals surface area contributed by atoms with Crippen LogP contribution in [0.25, 0.3) is 0 Å². The van der Waals surface area contributed by atoms with Gasteiger partial charge >= 0.3 is 0 Å². The van der Waals surface area contributed by atoms with E-state index in [0.717, 1.165) is 24.7 Å². The topological polar surface area (TPSA) is 32.3 Å². The third-order valence-corrected chi connectivity index (χ3v) is 6.47. The molecule has 0 amide bonds. The molecule has 0 bridgehead atoms. The molecule has 2 heteroatoms. The van der Waals surface area contributed by atoms with Crippen molar-refractivity contribution in [3.05, 3.63) is 11.6 Å². The maximum atomic E-state index is 10.6. The van der Waals surface area contributed by atoms with E-state index in [1.165, 1.54) is 77.3 Å². The fraction of sp³-hybridized carbons (Fsp3) is 0.909. The van der Waals surface area contributed by atoms with Crippen LogP contribution in [0.5, 0.6) is 0 Å². The molecule has 0 aromatic carbocycles. The molecule has 0 aromatic rings. The highest BCUT2D eigenvalue weighted by atomic mass is 16.3. The normalized spacial score (nSPS) is 29.3. The summed E-state index contributed by atoms with van der Waals surface area (Å²) in [6, 6.07) is 0. The Labute approximate surface area is 150 Å². The maximum absolute atomic E-state index is 10.6. The molecule has 0 heterocycles. The van der Waals surface area contributed by atoms with Gasteiger partial charge in [0.25, 0.3) is 0 Å². The van der Waals surface area contributed by atoms with Crippen LogP contribution in [0.3, 0.4) is 0 Å². The van der Waals surface area contributed by atoms with Crippen molar-refractivity contribution in [2.75, 3.05) is 13.1 Å². The number of hydrogen-bond acceptors (Lipinski definition) is 2. The lowest BCUT2D eigenvalue weighted by molar-refractivity contribution is 0.0666. The molecule has 0 aromatic heterocycles. The minimum atomic E-state index is -0.0677. The van der Waals surface area contributed by atoms with Gasteiger partial charge in [0.05, 0.1) is 6.10 Å². The summed E-state index contributed by atoms with van der Waals surface area (Å²) in [5, 5.41) is 14.2. The van der Waals surface area contributed by atoms with E-state index < -0.39 is 0 Å². The average molecular weight is 336 g/mol. The largest absolute Gasteiger partial charge is 0.393 e. The number of rotatable bonds is 10. The number of aliphatic hydroxyl groups is 1. The Morgan fingerprint density at radius 3 is 2.62 bits per heavy atom. The smallest absolute Gasteiger partial charge is 0.0571 e. The predicted octanol–water partition coefficient (Wildman–Crippen LogP) is 5.46. The lowest BCUT2D eigenvalue weighted by atomic mass is 9.77. The zero-order valence-corrected chi connectivity index (χ0v) is 16.2. The second kappa shape index (κ2) is 11.3. The monoisotopic (exact) mass is 335 g/mol. The maximum Gasteiger partial charge on any atom is 0.0571 e. The van der Waals surface area contributed by atoms with E-state index >= 15 is 0 Å². The lowest BCUT2D eigenvalue weighted by Crippen LogP contribution is -2.31. The minimum Gasteiger partial charge on any atom is -0.393 e. The van der Waals surface area contributed by atoms with Gasteiger partial charge in [-0.3, -0.25) is 0 Å². The van der Waals surface area contributed by atoms with Gasteiger partial charge in [0.1, 0.15) is 0 Å². The molecular formula is C22H41NO. The number of unbranched alkanes of at least 4 members (excludes halogenated alkanes) is 1. The first-order valence-electron chi connectivity index (χ1n) is 10.8. The molecule has 2 nitrogen and oxygen atoms in total. The van der Waals surface area contributed by atoms with Crippen molar-refractivity contribution < 1.29 is 5.11 Å². The van der Waals surface area contributed by atoms with Crippen LogP contribution in [0.15, 0.2) is 11.6 Å². The summed E-state index contributed by atoms with van der Waals surface area (Å²) >= 11 is 0. The summed E-state index contributed by atoms with van der Waals surface area (Å²) in [5.74, 6) is 2.30. The Bertz CT molecular complexity index is 357.